The molecule has 1 saturated heterocycles. The van der Waals surface area contributed by atoms with Crippen molar-refractivity contribution in [1.82, 2.24) is 4.90 Å². The van der Waals surface area contributed by atoms with E-state index in [4.69, 9.17) is 5.73 Å². The second kappa shape index (κ2) is 2.49. The number of nitrogen functional groups attached to an aromatic ring is 1. The van der Waals surface area contributed by atoms with Crippen LogP contribution in [0.1, 0.15) is 29.3 Å². The van der Waals surface area contributed by atoms with Gasteiger partial charge in [-0.05, 0) is 31.9 Å². The average molecular weight is 194 g/mol. The van der Waals surface area contributed by atoms with E-state index in [2.05, 4.69) is 17.3 Å². The van der Waals surface area contributed by atoms with Crippen LogP contribution in [0.15, 0.2) is 5.38 Å². The molecule has 3 heteroatoms. The molecule has 0 saturated carbocycles. The Hall–Kier alpha value is -0.540. The summed E-state index contributed by atoms with van der Waals surface area (Å²) in [4.78, 5) is 4.06. The number of thiophene rings is 1. The highest BCUT2D eigenvalue weighted by Gasteiger charge is 2.39. The normalized spacial score (nSPS) is 32.1. The van der Waals surface area contributed by atoms with Gasteiger partial charge in [0, 0.05) is 28.0 Å². The van der Waals surface area contributed by atoms with E-state index in [0.29, 0.717) is 6.04 Å². The maximum absolute atomic E-state index is 5.95. The largest absolute Gasteiger partial charge is 0.398 e. The van der Waals surface area contributed by atoms with Crippen molar-refractivity contribution >= 4 is 17.0 Å². The zero-order valence-electron chi connectivity index (χ0n) is 7.79. The lowest BCUT2D eigenvalue weighted by Gasteiger charge is -2.31. The Labute approximate surface area is 82.3 Å². The van der Waals surface area contributed by atoms with Crippen molar-refractivity contribution in [3.63, 3.8) is 0 Å². The Morgan fingerprint density at radius 3 is 3.23 bits per heavy atom. The summed E-state index contributed by atoms with van der Waals surface area (Å²) in [7, 11) is 2.25. The number of hydrogen-bond acceptors (Lipinski definition) is 3. The van der Waals surface area contributed by atoms with Gasteiger partial charge in [0.15, 0.2) is 0 Å². The highest BCUT2D eigenvalue weighted by molar-refractivity contribution is 7.10. The molecular weight excluding hydrogens is 180 g/mol. The third-order valence-electron chi connectivity index (χ3n) is 3.54. The second-order valence-corrected chi connectivity index (χ2v) is 5.06. The van der Waals surface area contributed by atoms with E-state index >= 15 is 0 Å². The van der Waals surface area contributed by atoms with Crippen molar-refractivity contribution in [2.24, 2.45) is 0 Å². The van der Waals surface area contributed by atoms with Crippen LogP contribution in [0.4, 0.5) is 5.69 Å². The Morgan fingerprint density at radius 2 is 2.38 bits per heavy atom. The molecule has 0 radical (unpaired) electrons. The minimum atomic E-state index is 0.677. The summed E-state index contributed by atoms with van der Waals surface area (Å²) < 4.78 is 0. The lowest BCUT2D eigenvalue weighted by atomic mass is 10.0. The topological polar surface area (TPSA) is 29.3 Å². The third-order valence-corrected chi connectivity index (χ3v) is 4.69. The molecule has 13 heavy (non-hydrogen) atoms. The summed E-state index contributed by atoms with van der Waals surface area (Å²) in [5.41, 5.74) is 8.44. The van der Waals surface area contributed by atoms with Gasteiger partial charge >= 0.3 is 0 Å². The van der Waals surface area contributed by atoms with Crippen LogP contribution in [0.2, 0.25) is 0 Å². The predicted molar refractivity (Wildman–Crippen MR) is 56.0 cm³/mol. The predicted octanol–water partition coefficient (Wildman–Crippen LogP) is 2.02. The molecule has 0 aromatic carbocycles. The van der Waals surface area contributed by atoms with Crippen molar-refractivity contribution in [2.45, 2.75) is 31.3 Å². The summed E-state index contributed by atoms with van der Waals surface area (Å²) >= 11 is 1.85. The third kappa shape index (κ3) is 0.916. The minimum Gasteiger partial charge on any atom is -0.398 e. The first kappa shape index (κ1) is 7.83. The average Bonchev–Trinajstić information content (AvgIpc) is 2.59. The lowest BCUT2D eigenvalue weighted by molar-refractivity contribution is 0.228. The molecule has 2 aliphatic heterocycles. The van der Waals surface area contributed by atoms with E-state index in [0.717, 1.165) is 11.7 Å². The molecule has 2 unspecified atom stereocenters. The van der Waals surface area contributed by atoms with Crippen LogP contribution in [-0.2, 0) is 6.42 Å². The molecule has 2 aliphatic rings. The van der Waals surface area contributed by atoms with E-state index < -0.39 is 0 Å². The summed E-state index contributed by atoms with van der Waals surface area (Å²) in [6, 6.07) is 1.44. The van der Waals surface area contributed by atoms with Crippen LogP contribution in [0.5, 0.6) is 0 Å². The van der Waals surface area contributed by atoms with E-state index in [1.165, 1.54) is 29.7 Å². The number of anilines is 1. The van der Waals surface area contributed by atoms with Gasteiger partial charge in [-0.2, -0.15) is 0 Å². The molecule has 1 fully saturated rings. The Bertz CT molecular complexity index is 345. The van der Waals surface area contributed by atoms with Crippen LogP contribution in [0.3, 0.4) is 0 Å². The molecule has 2 bridgehead atoms. The Morgan fingerprint density at radius 1 is 1.54 bits per heavy atom. The van der Waals surface area contributed by atoms with Crippen LogP contribution in [-0.4, -0.2) is 18.0 Å². The van der Waals surface area contributed by atoms with Crippen LogP contribution >= 0.6 is 11.3 Å². The fourth-order valence-corrected chi connectivity index (χ4v) is 3.90. The summed E-state index contributed by atoms with van der Waals surface area (Å²) in [5.74, 6) is 0. The molecular formula is C10H14N2S. The maximum atomic E-state index is 5.95. The van der Waals surface area contributed by atoms with Gasteiger partial charge in [-0.1, -0.05) is 0 Å². The van der Waals surface area contributed by atoms with Gasteiger partial charge in [0.1, 0.15) is 0 Å². The standard InChI is InChI=1S/C10H14N2S/c1-12-6-2-3-9(12)10-7(4-6)8(11)5-13-10/h5-6,9H,2-4,11H2,1H3. The number of likely N-dealkylation sites (N-methyl/N-ethyl adjacent to an activating group) is 1. The Balaban J connectivity index is 2.13. The fraction of sp³-hybridized carbons (Fsp3) is 0.600. The van der Waals surface area contributed by atoms with Crippen molar-refractivity contribution in [1.29, 1.82) is 0 Å². The van der Waals surface area contributed by atoms with Crippen molar-refractivity contribution < 1.29 is 0 Å². The van der Waals surface area contributed by atoms with E-state index in [1.54, 1.807) is 0 Å². The summed E-state index contributed by atoms with van der Waals surface area (Å²) in [5, 5.41) is 2.11. The van der Waals surface area contributed by atoms with Gasteiger partial charge in [-0.25, -0.2) is 0 Å². The van der Waals surface area contributed by atoms with E-state index in [-0.39, 0.29) is 0 Å². The molecule has 0 amide bonds. The summed E-state index contributed by atoms with van der Waals surface area (Å²) in [6.45, 7) is 0. The molecule has 0 aliphatic carbocycles. The van der Waals surface area contributed by atoms with Crippen LogP contribution < -0.4 is 5.73 Å². The second-order valence-electron chi connectivity index (χ2n) is 4.15. The summed E-state index contributed by atoms with van der Waals surface area (Å²) in [6.07, 6.45) is 3.85. The van der Waals surface area contributed by atoms with Crippen LogP contribution in [0.25, 0.3) is 0 Å². The Kier molecular flexibility index (Phi) is 1.50. The van der Waals surface area contributed by atoms with Gasteiger partial charge < -0.3 is 5.73 Å². The molecule has 3 rings (SSSR count). The van der Waals surface area contributed by atoms with Crippen LogP contribution in [0, 0.1) is 0 Å². The van der Waals surface area contributed by atoms with Gasteiger partial charge in [-0.15, -0.1) is 11.3 Å². The quantitative estimate of drug-likeness (QED) is 0.684. The maximum Gasteiger partial charge on any atom is 0.0459 e. The molecule has 0 spiro atoms. The number of fused-ring (bicyclic) bond motifs is 4. The fourth-order valence-electron chi connectivity index (χ4n) is 2.72. The lowest BCUT2D eigenvalue weighted by Crippen LogP contribution is -2.33. The molecule has 70 valence electrons. The van der Waals surface area contributed by atoms with E-state index in [1.807, 2.05) is 11.3 Å². The molecule has 2 N–H and O–H groups in total. The number of nitrogens with zero attached hydrogens (tertiary/aromatic N) is 1. The molecule has 2 atom stereocenters. The zero-order valence-corrected chi connectivity index (χ0v) is 8.60. The highest BCUT2D eigenvalue weighted by Crippen LogP contribution is 2.46. The molecule has 3 heterocycles. The van der Waals surface area contributed by atoms with Crippen molar-refractivity contribution in [3.05, 3.63) is 15.8 Å². The van der Waals surface area contributed by atoms with Gasteiger partial charge in [-0.3, -0.25) is 4.90 Å². The monoisotopic (exact) mass is 194 g/mol. The first-order chi connectivity index (χ1) is 6.27. The number of nitrogens with two attached hydrogens (primary N) is 1. The smallest absolute Gasteiger partial charge is 0.0459 e. The van der Waals surface area contributed by atoms with Gasteiger partial charge in [0.05, 0.1) is 0 Å². The minimum absolute atomic E-state index is 0.677. The van der Waals surface area contributed by atoms with Gasteiger partial charge in [0.2, 0.25) is 0 Å². The first-order valence-electron chi connectivity index (χ1n) is 4.85. The number of rotatable bonds is 0. The SMILES string of the molecule is CN1C2CCC1c1scc(N)c1C2. The molecule has 2 nitrogen and oxygen atoms in total. The van der Waals surface area contributed by atoms with Crippen molar-refractivity contribution in [2.75, 3.05) is 12.8 Å². The van der Waals surface area contributed by atoms with E-state index in [9.17, 15) is 0 Å². The van der Waals surface area contributed by atoms with Gasteiger partial charge in [0.25, 0.3) is 0 Å². The first-order valence-corrected chi connectivity index (χ1v) is 5.73. The number of hydrogen-bond donors (Lipinski definition) is 1. The highest BCUT2D eigenvalue weighted by atomic mass is 32.1. The zero-order chi connectivity index (χ0) is 9.00. The molecule has 1 aromatic rings. The molecule has 1 aromatic heterocycles. The van der Waals surface area contributed by atoms with Crippen molar-refractivity contribution in [3.8, 4) is 0 Å².